The first-order chi connectivity index (χ1) is 4.13. The Morgan fingerprint density at radius 3 is 2.11 bits per heavy atom. The summed E-state index contributed by atoms with van der Waals surface area (Å²) in [6.07, 6.45) is 0. The van der Waals surface area contributed by atoms with Gasteiger partial charge in [-0.05, 0) is 13.8 Å². The highest BCUT2D eigenvalue weighted by Crippen LogP contribution is 2.21. The minimum Gasteiger partial charge on any atom is -0.458 e. The summed E-state index contributed by atoms with van der Waals surface area (Å²) < 4.78 is 4.92. The summed E-state index contributed by atoms with van der Waals surface area (Å²) >= 11 is 0. The molecule has 0 bridgehead atoms. The van der Waals surface area contributed by atoms with E-state index in [-0.39, 0.29) is 11.5 Å². The maximum Gasteiger partial charge on any atom is 0.226 e. The van der Waals surface area contributed by atoms with Gasteiger partial charge in [0.05, 0.1) is 0 Å². The van der Waals surface area contributed by atoms with Crippen molar-refractivity contribution in [2.75, 3.05) is 0 Å². The molecule has 0 aromatic rings. The van der Waals surface area contributed by atoms with Crippen molar-refractivity contribution in [3.8, 4) is 0 Å². The fraction of sp³-hybridized carbons (Fsp3) is 0.286. The second-order valence-electron chi connectivity index (χ2n) is 2.04. The lowest BCUT2D eigenvalue weighted by Gasteiger charge is -1.92. The summed E-state index contributed by atoms with van der Waals surface area (Å²) in [5.74, 6) is 0.836. The zero-order valence-corrected chi connectivity index (χ0v) is 5.52. The van der Waals surface area contributed by atoms with Gasteiger partial charge in [-0.3, -0.25) is 4.79 Å². The lowest BCUT2D eigenvalue weighted by Crippen LogP contribution is -1.94. The lowest BCUT2D eigenvalue weighted by molar-refractivity contribution is -0.113. The maximum absolute atomic E-state index is 10.8. The second-order valence-corrected chi connectivity index (χ2v) is 2.04. The molecule has 0 aliphatic carbocycles. The smallest absolute Gasteiger partial charge is 0.226 e. The van der Waals surface area contributed by atoms with Crippen molar-refractivity contribution in [3.05, 3.63) is 23.7 Å². The molecule has 1 aliphatic rings. The number of rotatable bonds is 0. The molecule has 0 saturated carbocycles. The number of ether oxygens (including phenoxy) is 1. The van der Waals surface area contributed by atoms with E-state index in [0.29, 0.717) is 11.3 Å². The Kier molecular flexibility index (Phi) is 1.16. The third-order valence-electron chi connectivity index (χ3n) is 1.40. The van der Waals surface area contributed by atoms with E-state index in [9.17, 15) is 4.79 Å². The molecule has 0 unspecified atom stereocenters. The minimum absolute atomic E-state index is 0.0764. The zero-order valence-electron chi connectivity index (χ0n) is 5.52. The molecule has 2 heteroatoms. The predicted octanol–water partition coefficient (Wildman–Crippen LogP) is 1.39. The van der Waals surface area contributed by atoms with E-state index in [0.717, 1.165) is 0 Å². The van der Waals surface area contributed by atoms with Gasteiger partial charge in [-0.2, -0.15) is 0 Å². The van der Waals surface area contributed by atoms with Crippen LogP contribution >= 0.6 is 0 Å². The molecule has 0 fully saturated rings. The first-order valence-electron chi connectivity index (χ1n) is 2.72. The van der Waals surface area contributed by atoms with Gasteiger partial charge in [-0.1, -0.05) is 6.58 Å². The predicted molar refractivity (Wildman–Crippen MR) is 33.6 cm³/mol. The number of Topliss-reactive ketones (excluding diaryl/α,β-unsaturated/α-hetero) is 1. The molecule has 0 saturated heterocycles. The molecule has 0 N–H and O–H groups in total. The van der Waals surface area contributed by atoms with Crippen LogP contribution in [0.5, 0.6) is 0 Å². The van der Waals surface area contributed by atoms with Crippen molar-refractivity contribution < 1.29 is 9.53 Å². The Morgan fingerprint density at radius 2 is 2.00 bits per heavy atom. The lowest BCUT2D eigenvalue weighted by atomic mass is 10.2. The van der Waals surface area contributed by atoms with Crippen LogP contribution in [0.4, 0.5) is 0 Å². The topological polar surface area (TPSA) is 26.3 Å². The van der Waals surface area contributed by atoms with E-state index in [4.69, 9.17) is 4.74 Å². The summed E-state index contributed by atoms with van der Waals surface area (Å²) in [5.41, 5.74) is 0.667. The van der Waals surface area contributed by atoms with Gasteiger partial charge in [0.15, 0.2) is 5.76 Å². The number of carbonyl (C=O) groups is 1. The van der Waals surface area contributed by atoms with E-state index < -0.39 is 0 Å². The molecule has 1 heterocycles. The monoisotopic (exact) mass is 124 g/mol. The van der Waals surface area contributed by atoms with Crippen molar-refractivity contribution in [2.24, 2.45) is 0 Å². The molecule has 0 aromatic carbocycles. The number of hydrogen-bond donors (Lipinski definition) is 0. The van der Waals surface area contributed by atoms with Crippen LogP contribution in [-0.4, -0.2) is 5.78 Å². The van der Waals surface area contributed by atoms with E-state index in [1.165, 1.54) is 0 Å². The zero-order chi connectivity index (χ0) is 7.02. The molecular formula is C7H8O2. The van der Waals surface area contributed by atoms with Crippen molar-refractivity contribution in [1.82, 2.24) is 0 Å². The summed E-state index contributed by atoms with van der Waals surface area (Å²) in [6.45, 7) is 6.91. The van der Waals surface area contributed by atoms with E-state index in [1.54, 1.807) is 13.8 Å². The number of carbonyl (C=O) groups excluding carboxylic acids is 1. The largest absolute Gasteiger partial charge is 0.458 e. The maximum atomic E-state index is 10.8. The van der Waals surface area contributed by atoms with Crippen molar-refractivity contribution in [3.63, 3.8) is 0 Å². The van der Waals surface area contributed by atoms with Crippen LogP contribution in [-0.2, 0) is 9.53 Å². The fourth-order valence-corrected chi connectivity index (χ4v) is 0.677. The van der Waals surface area contributed by atoms with Crippen LogP contribution in [0.25, 0.3) is 0 Å². The average Bonchev–Trinajstić information content (AvgIpc) is 1.98. The van der Waals surface area contributed by atoms with Gasteiger partial charge >= 0.3 is 0 Å². The molecule has 0 spiro atoms. The molecule has 0 amide bonds. The Bertz CT molecular complexity index is 208. The number of hydrogen-bond acceptors (Lipinski definition) is 2. The SMILES string of the molecule is C=C1OC(C)=C(C)C1=O. The van der Waals surface area contributed by atoms with Crippen LogP contribution in [0, 0.1) is 0 Å². The molecule has 0 aromatic heterocycles. The van der Waals surface area contributed by atoms with E-state index in [1.807, 2.05) is 0 Å². The molecule has 0 radical (unpaired) electrons. The highest BCUT2D eigenvalue weighted by molar-refractivity contribution is 6.08. The van der Waals surface area contributed by atoms with Gasteiger partial charge in [-0.15, -0.1) is 0 Å². The molecular weight excluding hydrogens is 116 g/mol. The van der Waals surface area contributed by atoms with Gasteiger partial charge in [0.1, 0.15) is 5.76 Å². The third-order valence-corrected chi connectivity index (χ3v) is 1.40. The first kappa shape index (κ1) is 6.08. The summed E-state index contributed by atoms with van der Waals surface area (Å²) in [6, 6.07) is 0. The first-order valence-corrected chi connectivity index (χ1v) is 2.72. The quantitative estimate of drug-likeness (QED) is 0.456. The fourth-order valence-electron chi connectivity index (χ4n) is 0.677. The Labute approximate surface area is 53.8 Å². The highest BCUT2D eigenvalue weighted by atomic mass is 16.5. The third kappa shape index (κ3) is 0.762. The summed E-state index contributed by atoms with van der Waals surface area (Å²) in [7, 11) is 0. The van der Waals surface area contributed by atoms with Gasteiger partial charge < -0.3 is 4.74 Å². The molecule has 9 heavy (non-hydrogen) atoms. The second kappa shape index (κ2) is 1.72. The van der Waals surface area contributed by atoms with Crippen molar-refractivity contribution in [2.45, 2.75) is 13.8 Å². The Morgan fingerprint density at radius 1 is 1.44 bits per heavy atom. The van der Waals surface area contributed by atoms with Crippen molar-refractivity contribution >= 4 is 5.78 Å². The molecule has 0 atom stereocenters. The van der Waals surface area contributed by atoms with Gasteiger partial charge in [0.2, 0.25) is 5.78 Å². The Hall–Kier alpha value is -1.05. The van der Waals surface area contributed by atoms with E-state index >= 15 is 0 Å². The van der Waals surface area contributed by atoms with Crippen LogP contribution < -0.4 is 0 Å². The summed E-state index contributed by atoms with van der Waals surface area (Å²) in [5, 5.41) is 0. The van der Waals surface area contributed by atoms with Crippen LogP contribution in [0.3, 0.4) is 0 Å². The highest BCUT2D eigenvalue weighted by Gasteiger charge is 2.21. The van der Waals surface area contributed by atoms with E-state index in [2.05, 4.69) is 6.58 Å². The van der Waals surface area contributed by atoms with Gasteiger partial charge in [0, 0.05) is 5.57 Å². The van der Waals surface area contributed by atoms with Crippen LogP contribution in [0.2, 0.25) is 0 Å². The molecule has 48 valence electrons. The molecule has 1 aliphatic heterocycles. The number of allylic oxidation sites excluding steroid dienone is 2. The number of ketones is 1. The van der Waals surface area contributed by atoms with Gasteiger partial charge in [0.25, 0.3) is 0 Å². The van der Waals surface area contributed by atoms with Crippen molar-refractivity contribution in [1.29, 1.82) is 0 Å². The average molecular weight is 124 g/mol. The minimum atomic E-state index is -0.0764. The summed E-state index contributed by atoms with van der Waals surface area (Å²) in [4.78, 5) is 10.8. The Balaban J connectivity index is 3.01. The van der Waals surface area contributed by atoms with Crippen LogP contribution in [0.15, 0.2) is 23.7 Å². The van der Waals surface area contributed by atoms with Crippen LogP contribution in [0.1, 0.15) is 13.8 Å². The van der Waals surface area contributed by atoms with Gasteiger partial charge in [-0.25, -0.2) is 0 Å². The molecule has 2 nitrogen and oxygen atoms in total. The normalized spacial score (nSPS) is 18.9. The molecule has 1 rings (SSSR count). The standard InChI is InChI=1S/C7H8O2/c1-4-5(2)9-6(3)7(4)8/h3H2,1-2H3.